The topological polar surface area (TPSA) is 32.3 Å². The average molecular weight is 182 g/mol. The Morgan fingerprint density at radius 1 is 1.46 bits per heavy atom. The summed E-state index contributed by atoms with van der Waals surface area (Å²) in [5.41, 5.74) is 0. The van der Waals surface area contributed by atoms with Crippen LogP contribution in [0.1, 0.15) is 32.6 Å². The minimum absolute atomic E-state index is 0.236. The molecule has 1 heterocycles. The van der Waals surface area contributed by atoms with E-state index in [-0.39, 0.29) is 5.91 Å². The molecular weight excluding hydrogens is 164 g/mol. The molecule has 13 heavy (non-hydrogen) atoms. The first kappa shape index (κ1) is 9.00. The van der Waals surface area contributed by atoms with Gasteiger partial charge in [0.2, 0.25) is 5.91 Å². The van der Waals surface area contributed by atoms with Crippen LogP contribution in [0.5, 0.6) is 0 Å². The molecule has 0 aromatic rings. The number of likely N-dealkylation sites (tertiary alicyclic amines) is 1. The van der Waals surface area contributed by atoms with E-state index in [0.717, 1.165) is 19.1 Å². The first-order valence-electron chi connectivity index (χ1n) is 5.28. The van der Waals surface area contributed by atoms with Gasteiger partial charge in [-0.3, -0.25) is 4.79 Å². The Balaban J connectivity index is 1.78. The van der Waals surface area contributed by atoms with Gasteiger partial charge in [-0.05, 0) is 25.7 Å². The second kappa shape index (κ2) is 3.66. The van der Waals surface area contributed by atoms with E-state index in [1.807, 2.05) is 4.90 Å². The molecule has 0 spiro atoms. The van der Waals surface area contributed by atoms with Gasteiger partial charge in [-0.1, -0.05) is 0 Å². The van der Waals surface area contributed by atoms with E-state index in [9.17, 15) is 4.79 Å². The number of hydrogen-bond acceptors (Lipinski definition) is 2. The number of amides is 1. The van der Waals surface area contributed by atoms with Crippen molar-refractivity contribution < 1.29 is 4.79 Å². The van der Waals surface area contributed by atoms with Crippen molar-refractivity contribution in [2.45, 2.75) is 44.7 Å². The molecule has 3 heteroatoms. The number of carbonyl (C=O) groups excluding carboxylic acids is 1. The smallest absolute Gasteiger partial charge is 0.219 e. The molecule has 1 saturated carbocycles. The molecule has 0 radical (unpaired) electrons. The van der Waals surface area contributed by atoms with Crippen LogP contribution in [-0.4, -0.2) is 36.0 Å². The van der Waals surface area contributed by atoms with E-state index in [1.165, 1.54) is 25.7 Å². The fraction of sp³-hybridized carbons (Fsp3) is 0.900. The van der Waals surface area contributed by atoms with Crippen LogP contribution in [0.3, 0.4) is 0 Å². The first-order chi connectivity index (χ1) is 6.27. The predicted molar refractivity (Wildman–Crippen MR) is 51.4 cm³/mol. The molecule has 2 fully saturated rings. The third kappa shape index (κ3) is 2.21. The second-order valence-electron chi connectivity index (χ2n) is 4.19. The number of carbonyl (C=O) groups is 1. The highest BCUT2D eigenvalue weighted by Gasteiger charge is 2.28. The Kier molecular flexibility index (Phi) is 2.54. The zero-order valence-corrected chi connectivity index (χ0v) is 8.25. The summed E-state index contributed by atoms with van der Waals surface area (Å²) in [6.45, 7) is 3.64. The monoisotopic (exact) mass is 182 g/mol. The number of nitrogens with one attached hydrogen (secondary N) is 1. The second-order valence-corrected chi connectivity index (χ2v) is 4.19. The van der Waals surface area contributed by atoms with Crippen molar-refractivity contribution >= 4 is 5.91 Å². The van der Waals surface area contributed by atoms with E-state index in [2.05, 4.69) is 5.32 Å². The molecule has 2 rings (SSSR count). The third-order valence-electron chi connectivity index (χ3n) is 3.00. The van der Waals surface area contributed by atoms with Crippen LogP contribution in [0.15, 0.2) is 0 Å². The van der Waals surface area contributed by atoms with Crippen molar-refractivity contribution in [3.8, 4) is 0 Å². The van der Waals surface area contributed by atoms with Crippen molar-refractivity contribution in [3.05, 3.63) is 0 Å². The summed E-state index contributed by atoms with van der Waals surface area (Å²) in [5, 5.41) is 3.49. The molecule has 1 amide bonds. The van der Waals surface area contributed by atoms with Gasteiger partial charge in [0.25, 0.3) is 0 Å². The van der Waals surface area contributed by atoms with Gasteiger partial charge in [-0.2, -0.15) is 0 Å². The standard InChI is InChI=1S/C10H18N2O/c1-8(13)12-6-2-3-10(12)7-11-9-4-5-9/h9-11H,2-7H2,1H3/t10-/m0/s1. The average Bonchev–Trinajstić information content (AvgIpc) is 2.79. The van der Waals surface area contributed by atoms with Crippen LogP contribution >= 0.6 is 0 Å². The summed E-state index contributed by atoms with van der Waals surface area (Å²) >= 11 is 0. The summed E-state index contributed by atoms with van der Waals surface area (Å²) in [7, 11) is 0. The summed E-state index contributed by atoms with van der Waals surface area (Å²) in [5.74, 6) is 0.236. The normalized spacial score (nSPS) is 28.1. The van der Waals surface area contributed by atoms with Gasteiger partial charge in [-0.25, -0.2) is 0 Å². The lowest BCUT2D eigenvalue weighted by atomic mass is 10.2. The van der Waals surface area contributed by atoms with Crippen molar-refractivity contribution in [3.63, 3.8) is 0 Å². The van der Waals surface area contributed by atoms with Crippen molar-refractivity contribution in [1.82, 2.24) is 10.2 Å². The Bertz CT molecular complexity index is 201. The minimum atomic E-state index is 0.236. The highest BCUT2D eigenvalue weighted by molar-refractivity contribution is 5.73. The Hall–Kier alpha value is -0.570. The Labute approximate surface area is 79.5 Å². The van der Waals surface area contributed by atoms with Crippen molar-refractivity contribution in [2.75, 3.05) is 13.1 Å². The Morgan fingerprint density at radius 3 is 2.85 bits per heavy atom. The lowest BCUT2D eigenvalue weighted by Gasteiger charge is -2.23. The third-order valence-corrected chi connectivity index (χ3v) is 3.00. The van der Waals surface area contributed by atoms with Gasteiger partial charge in [0.15, 0.2) is 0 Å². The zero-order valence-electron chi connectivity index (χ0n) is 8.25. The molecule has 2 aliphatic rings. The van der Waals surface area contributed by atoms with Gasteiger partial charge in [-0.15, -0.1) is 0 Å². The maximum atomic E-state index is 11.2. The van der Waals surface area contributed by atoms with Crippen LogP contribution in [0.2, 0.25) is 0 Å². The maximum absolute atomic E-state index is 11.2. The van der Waals surface area contributed by atoms with E-state index >= 15 is 0 Å². The fourth-order valence-electron chi connectivity index (χ4n) is 2.05. The SMILES string of the molecule is CC(=O)N1CCC[C@H]1CNC1CC1. The zero-order chi connectivity index (χ0) is 9.26. The largest absolute Gasteiger partial charge is 0.339 e. The fourth-order valence-corrected chi connectivity index (χ4v) is 2.05. The highest BCUT2D eigenvalue weighted by Crippen LogP contribution is 2.21. The van der Waals surface area contributed by atoms with E-state index in [0.29, 0.717) is 6.04 Å². The molecule has 3 nitrogen and oxygen atoms in total. The lowest BCUT2D eigenvalue weighted by Crippen LogP contribution is -2.41. The quantitative estimate of drug-likeness (QED) is 0.698. The van der Waals surface area contributed by atoms with E-state index in [1.54, 1.807) is 6.92 Å². The van der Waals surface area contributed by atoms with Crippen LogP contribution in [0.25, 0.3) is 0 Å². The molecule has 1 aliphatic carbocycles. The van der Waals surface area contributed by atoms with Crippen LogP contribution < -0.4 is 5.32 Å². The summed E-state index contributed by atoms with van der Waals surface area (Å²) in [4.78, 5) is 13.2. The summed E-state index contributed by atoms with van der Waals surface area (Å²) in [6, 6.07) is 1.23. The highest BCUT2D eigenvalue weighted by atomic mass is 16.2. The number of hydrogen-bond donors (Lipinski definition) is 1. The van der Waals surface area contributed by atoms with Crippen LogP contribution in [0.4, 0.5) is 0 Å². The molecule has 0 unspecified atom stereocenters. The molecule has 0 aromatic carbocycles. The predicted octanol–water partition coefficient (Wildman–Crippen LogP) is 0.749. The maximum Gasteiger partial charge on any atom is 0.219 e. The van der Waals surface area contributed by atoms with Crippen LogP contribution in [-0.2, 0) is 4.79 Å². The first-order valence-corrected chi connectivity index (χ1v) is 5.28. The minimum Gasteiger partial charge on any atom is -0.339 e. The molecule has 1 N–H and O–H groups in total. The molecule has 74 valence electrons. The molecule has 1 aliphatic heterocycles. The van der Waals surface area contributed by atoms with E-state index < -0.39 is 0 Å². The van der Waals surface area contributed by atoms with Crippen molar-refractivity contribution in [1.29, 1.82) is 0 Å². The summed E-state index contributed by atoms with van der Waals surface area (Å²) in [6.07, 6.45) is 5.01. The molecular formula is C10H18N2O. The molecule has 0 aromatic heterocycles. The van der Waals surface area contributed by atoms with Crippen molar-refractivity contribution in [2.24, 2.45) is 0 Å². The van der Waals surface area contributed by atoms with Gasteiger partial charge < -0.3 is 10.2 Å². The number of nitrogens with zero attached hydrogens (tertiary/aromatic N) is 1. The molecule has 0 bridgehead atoms. The molecule has 1 atom stereocenters. The number of rotatable bonds is 3. The molecule has 1 saturated heterocycles. The lowest BCUT2D eigenvalue weighted by molar-refractivity contribution is -0.129. The summed E-state index contributed by atoms with van der Waals surface area (Å²) < 4.78 is 0. The van der Waals surface area contributed by atoms with Gasteiger partial charge >= 0.3 is 0 Å². The van der Waals surface area contributed by atoms with Gasteiger partial charge in [0.05, 0.1) is 0 Å². The van der Waals surface area contributed by atoms with Gasteiger partial charge in [0.1, 0.15) is 0 Å². The van der Waals surface area contributed by atoms with Gasteiger partial charge in [0, 0.05) is 32.1 Å². The van der Waals surface area contributed by atoms with E-state index in [4.69, 9.17) is 0 Å². The Morgan fingerprint density at radius 2 is 2.23 bits per heavy atom. The van der Waals surface area contributed by atoms with Crippen LogP contribution in [0, 0.1) is 0 Å².